The first-order valence-corrected chi connectivity index (χ1v) is 14.5. The lowest BCUT2D eigenvalue weighted by atomic mass is 10.1. The van der Waals surface area contributed by atoms with E-state index in [2.05, 4.69) is 5.32 Å². The SMILES string of the molecule is CCCNC(=O)C(C)N(Cc1ccc(Cl)c(Cl)c1)C(=O)CN(c1ccccc1)S(=O)(=O)c1ccc(OC)cc1. The third-order valence-corrected chi connectivity index (χ3v) is 8.55. The Kier molecular flexibility index (Phi) is 10.6. The molecular formula is C28H31Cl2N3O5S. The Hall–Kier alpha value is -3.27. The summed E-state index contributed by atoms with van der Waals surface area (Å²) >= 11 is 12.2. The normalized spacial score (nSPS) is 11.9. The molecule has 0 spiro atoms. The summed E-state index contributed by atoms with van der Waals surface area (Å²) in [5.74, 6) is -0.424. The Bertz CT molecular complexity index is 1390. The number of carbonyl (C=O) groups is 2. The molecular weight excluding hydrogens is 561 g/mol. The molecule has 0 fully saturated rings. The smallest absolute Gasteiger partial charge is 0.264 e. The van der Waals surface area contributed by atoms with Crippen LogP contribution >= 0.6 is 23.2 Å². The number of carbonyl (C=O) groups excluding carboxylic acids is 2. The molecule has 0 aliphatic carbocycles. The van der Waals surface area contributed by atoms with Crippen LogP contribution in [0.15, 0.2) is 77.7 Å². The predicted octanol–water partition coefficient (Wildman–Crippen LogP) is 5.14. The van der Waals surface area contributed by atoms with Crippen LogP contribution in [0.4, 0.5) is 5.69 Å². The Morgan fingerprint density at radius 1 is 0.974 bits per heavy atom. The van der Waals surface area contributed by atoms with Crippen LogP contribution in [0.25, 0.3) is 0 Å². The molecule has 0 aromatic heterocycles. The van der Waals surface area contributed by atoms with Crippen LogP contribution in [0.2, 0.25) is 10.0 Å². The second-order valence-electron chi connectivity index (χ2n) is 8.76. The summed E-state index contributed by atoms with van der Waals surface area (Å²) in [7, 11) is -2.68. The number of rotatable bonds is 12. The van der Waals surface area contributed by atoms with Crippen LogP contribution in [0.5, 0.6) is 5.75 Å². The van der Waals surface area contributed by atoms with Crippen LogP contribution < -0.4 is 14.4 Å². The van der Waals surface area contributed by atoms with Gasteiger partial charge in [0.2, 0.25) is 11.8 Å². The first-order chi connectivity index (χ1) is 18.6. The molecule has 11 heteroatoms. The molecule has 3 aromatic rings. The van der Waals surface area contributed by atoms with Gasteiger partial charge in [0.15, 0.2) is 0 Å². The molecule has 208 valence electrons. The van der Waals surface area contributed by atoms with E-state index < -0.39 is 28.5 Å². The lowest BCUT2D eigenvalue weighted by molar-refractivity contribution is -0.139. The first kappa shape index (κ1) is 30.3. The molecule has 0 bridgehead atoms. The second-order valence-corrected chi connectivity index (χ2v) is 11.4. The van der Waals surface area contributed by atoms with Crippen molar-refractivity contribution in [1.29, 1.82) is 0 Å². The monoisotopic (exact) mass is 591 g/mol. The summed E-state index contributed by atoms with van der Waals surface area (Å²) in [4.78, 5) is 28.1. The molecule has 0 aliphatic rings. The highest BCUT2D eigenvalue weighted by Gasteiger charge is 2.32. The van der Waals surface area contributed by atoms with Gasteiger partial charge in [-0.1, -0.05) is 54.4 Å². The van der Waals surface area contributed by atoms with Crippen LogP contribution in [0, 0.1) is 0 Å². The Labute approximate surface area is 239 Å². The van der Waals surface area contributed by atoms with Gasteiger partial charge in [0.1, 0.15) is 18.3 Å². The number of para-hydroxylation sites is 1. The van der Waals surface area contributed by atoms with Crippen molar-refractivity contribution in [3.05, 3.63) is 88.4 Å². The fraction of sp³-hybridized carbons (Fsp3) is 0.286. The number of amides is 2. The molecule has 1 unspecified atom stereocenters. The number of anilines is 1. The number of benzene rings is 3. The van der Waals surface area contributed by atoms with E-state index in [-0.39, 0.29) is 17.3 Å². The van der Waals surface area contributed by atoms with E-state index in [4.69, 9.17) is 27.9 Å². The maximum absolute atomic E-state index is 13.8. The van der Waals surface area contributed by atoms with Crippen molar-refractivity contribution >= 4 is 50.7 Å². The number of halogens is 2. The van der Waals surface area contributed by atoms with E-state index in [9.17, 15) is 18.0 Å². The van der Waals surface area contributed by atoms with Crippen molar-refractivity contribution < 1.29 is 22.7 Å². The topological polar surface area (TPSA) is 96.0 Å². The molecule has 1 atom stereocenters. The van der Waals surface area contributed by atoms with Crippen LogP contribution in [-0.4, -0.2) is 51.4 Å². The van der Waals surface area contributed by atoms with E-state index in [1.807, 2.05) is 6.92 Å². The maximum atomic E-state index is 13.8. The summed E-state index contributed by atoms with van der Waals surface area (Å²) in [6.07, 6.45) is 0.723. The van der Waals surface area contributed by atoms with Gasteiger partial charge in [0, 0.05) is 13.1 Å². The zero-order chi connectivity index (χ0) is 28.6. The summed E-state index contributed by atoms with van der Waals surface area (Å²) in [5, 5.41) is 3.46. The minimum Gasteiger partial charge on any atom is -0.497 e. The van der Waals surface area contributed by atoms with Gasteiger partial charge in [-0.25, -0.2) is 8.42 Å². The van der Waals surface area contributed by atoms with Gasteiger partial charge in [-0.15, -0.1) is 0 Å². The molecule has 8 nitrogen and oxygen atoms in total. The molecule has 0 saturated carbocycles. The van der Waals surface area contributed by atoms with Crippen LogP contribution in [0.1, 0.15) is 25.8 Å². The summed E-state index contributed by atoms with van der Waals surface area (Å²) in [5.41, 5.74) is 0.941. The van der Waals surface area contributed by atoms with E-state index in [1.54, 1.807) is 55.5 Å². The highest BCUT2D eigenvalue weighted by Crippen LogP contribution is 2.27. The van der Waals surface area contributed by atoms with Gasteiger partial charge in [0.05, 0.1) is 27.7 Å². The number of nitrogens with one attached hydrogen (secondary N) is 1. The Morgan fingerprint density at radius 2 is 1.64 bits per heavy atom. The molecule has 1 N–H and O–H groups in total. The fourth-order valence-electron chi connectivity index (χ4n) is 3.81. The highest BCUT2D eigenvalue weighted by atomic mass is 35.5. The molecule has 0 aliphatic heterocycles. The van der Waals surface area contributed by atoms with Crippen molar-refractivity contribution in [2.45, 2.75) is 37.8 Å². The average molecular weight is 593 g/mol. The number of nitrogens with zero attached hydrogens (tertiary/aromatic N) is 2. The minimum absolute atomic E-state index is 0.00952. The second kappa shape index (κ2) is 13.7. The lowest BCUT2D eigenvalue weighted by Gasteiger charge is -2.32. The molecule has 0 radical (unpaired) electrons. The third-order valence-electron chi connectivity index (χ3n) is 6.02. The highest BCUT2D eigenvalue weighted by molar-refractivity contribution is 7.92. The molecule has 2 amide bonds. The molecule has 3 aromatic carbocycles. The summed E-state index contributed by atoms with van der Waals surface area (Å²) in [6.45, 7) is 3.45. The Morgan fingerprint density at radius 3 is 2.23 bits per heavy atom. The van der Waals surface area contributed by atoms with Crippen LogP contribution in [0.3, 0.4) is 0 Å². The van der Waals surface area contributed by atoms with Crippen LogP contribution in [-0.2, 0) is 26.2 Å². The third kappa shape index (κ3) is 7.65. The van der Waals surface area contributed by atoms with Gasteiger partial charge in [0.25, 0.3) is 10.0 Å². The van der Waals surface area contributed by atoms with Gasteiger partial charge >= 0.3 is 0 Å². The fourth-order valence-corrected chi connectivity index (χ4v) is 5.55. The largest absolute Gasteiger partial charge is 0.497 e. The van der Waals surface area contributed by atoms with Gasteiger partial charge in [-0.05, 0) is 67.4 Å². The number of methoxy groups -OCH3 is 1. The molecule has 0 heterocycles. The number of sulfonamides is 1. The quantitative estimate of drug-likeness (QED) is 0.314. The van der Waals surface area contributed by atoms with Gasteiger partial charge in [-0.2, -0.15) is 0 Å². The van der Waals surface area contributed by atoms with E-state index in [0.717, 1.165) is 10.7 Å². The standard InChI is InChI=1S/C28H31Cl2N3O5S/c1-4-16-31-28(35)20(2)32(18-21-10-15-25(29)26(30)17-21)27(34)19-33(22-8-6-5-7-9-22)39(36,37)24-13-11-23(38-3)12-14-24/h5-15,17,20H,4,16,18-19H2,1-3H3,(H,31,35). The van der Waals surface area contributed by atoms with Crippen molar-refractivity contribution in [1.82, 2.24) is 10.2 Å². The summed E-state index contributed by atoms with van der Waals surface area (Å²) in [6, 6.07) is 18.3. The molecule has 0 saturated heterocycles. The first-order valence-electron chi connectivity index (χ1n) is 12.3. The molecule has 3 rings (SSSR count). The van der Waals surface area contributed by atoms with Crippen molar-refractivity contribution in [2.75, 3.05) is 24.5 Å². The lowest BCUT2D eigenvalue weighted by Crippen LogP contribution is -2.51. The van der Waals surface area contributed by atoms with Gasteiger partial charge in [-0.3, -0.25) is 13.9 Å². The Balaban J connectivity index is 2.00. The maximum Gasteiger partial charge on any atom is 0.264 e. The summed E-state index contributed by atoms with van der Waals surface area (Å²) < 4.78 is 33.7. The van der Waals surface area contributed by atoms with E-state index in [0.29, 0.717) is 33.6 Å². The molecule has 39 heavy (non-hydrogen) atoms. The average Bonchev–Trinajstić information content (AvgIpc) is 2.95. The zero-order valence-corrected chi connectivity index (χ0v) is 24.3. The minimum atomic E-state index is -4.16. The zero-order valence-electron chi connectivity index (χ0n) is 21.9. The van der Waals surface area contributed by atoms with E-state index >= 15 is 0 Å². The van der Waals surface area contributed by atoms with Crippen molar-refractivity contribution in [3.8, 4) is 5.75 Å². The van der Waals surface area contributed by atoms with Gasteiger partial charge < -0.3 is 15.0 Å². The number of ether oxygens (including phenoxy) is 1. The van der Waals surface area contributed by atoms with Crippen molar-refractivity contribution in [3.63, 3.8) is 0 Å². The predicted molar refractivity (Wildman–Crippen MR) is 154 cm³/mol. The van der Waals surface area contributed by atoms with E-state index in [1.165, 1.54) is 36.3 Å². The number of hydrogen-bond donors (Lipinski definition) is 1. The number of hydrogen-bond acceptors (Lipinski definition) is 5. The van der Waals surface area contributed by atoms with Crippen molar-refractivity contribution in [2.24, 2.45) is 0 Å².